The molecule has 3 nitrogen and oxygen atoms in total. The summed E-state index contributed by atoms with van der Waals surface area (Å²) in [6.07, 6.45) is 10.8. The van der Waals surface area contributed by atoms with Crippen LogP contribution in [0.15, 0.2) is 23.3 Å². The quantitative estimate of drug-likeness (QED) is 0.376. The number of hydrogen-bond donors (Lipinski definition) is 2. The minimum atomic E-state index is -0.912. The van der Waals surface area contributed by atoms with Crippen LogP contribution < -0.4 is 0 Å². The van der Waals surface area contributed by atoms with Crippen molar-refractivity contribution in [2.75, 3.05) is 0 Å². The van der Waals surface area contributed by atoms with E-state index >= 15 is 0 Å². The number of rotatable bonds is 4. The van der Waals surface area contributed by atoms with E-state index in [1.54, 1.807) is 11.6 Å². The van der Waals surface area contributed by atoms with Gasteiger partial charge >= 0.3 is 0 Å². The summed E-state index contributed by atoms with van der Waals surface area (Å²) in [4.78, 5) is 12.7. The van der Waals surface area contributed by atoms with Crippen LogP contribution in [0.3, 0.4) is 0 Å². The monoisotopic (exact) mass is 456 g/mol. The van der Waals surface area contributed by atoms with Crippen molar-refractivity contribution in [3.63, 3.8) is 0 Å². The third-order valence-electron chi connectivity index (χ3n) is 11.7. The summed E-state index contributed by atoms with van der Waals surface area (Å²) in [5.41, 5.74) is 3.06. The molecule has 0 bridgehead atoms. The normalized spacial score (nSPS) is 45.7. The third kappa shape index (κ3) is 3.46. The molecule has 0 aromatic rings. The molecule has 3 fully saturated rings. The molecule has 33 heavy (non-hydrogen) atoms. The van der Waals surface area contributed by atoms with E-state index < -0.39 is 6.10 Å². The summed E-state index contributed by atoms with van der Waals surface area (Å²) < 4.78 is 0. The fourth-order valence-electron chi connectivity index (χ4n) is 9.43. The maximum Gasteiger partial charge on any atom is 0.184 e. The summed E-state index contributed by atoms with van der Waals surface area (Å²) in [6.45, 7) is 18.0. The van der Waals surface area contributed by atoms with Crippen LogP contribution in [0.1, 0.15) is 100 Å². The van der Waals surface area contributed by atoms with Gasteiger partial charge < -0.3 is 10.2 Å². The molecule has 3 saturated carbocycles. The maximum atomic E-state index is 12.7. The van der Waals surface area contributed by atoms with Gasteiger partial charge in [-0.3, -0.25) is 4.79 Å². The molecule has 0 heterocycles. The van der Waals surface area contributed by atoms with Gasteiger partial charge in [-0.15, -0.1) is 0 Å². The largest absolute Gasteiger partial charge is 0.393 e. The molecule has 186 valence electrons. The Kier molecular flexibility index (Phi) is 6.14. The second-order valence-corrected chi connectivity index (χ2v) is 13.7. The standard InChI is InChI=1S/C30H48O3/c1-18(2)17-23(31)26(33)19(3)20-11-15-30(8)22-9-10-24-27(4,5)25(32)13-14-28(24,6)21(22)12-16-29(20,30)7/h9,17,19-21,24-26,32-33H,10-16H2,1-8H3/t19-,20+,21+,24+,25+,26+,28-,29+,30-/m1/s1. The summed E-state index contributed by atoms with van der Waals surface area (Å²) >= 11 is 0. The van der Waals surface area contributed by atoms with Crippen LogP contribution in [0.5, 0.6) is 0 Å². The zero-order valence-electron chi connectivity index (χ0n) is 22.4. The van der Waals surface area contributed by atoms with Crippen LogP contribution in [0.4, 0.5) is 0 Å². The molecule has 0 unspecified atom stereocenters. The lowest BCUT2D eigenvalue weighted by Crippen LogP contribution is -2.58. The highest BCUT2D eigenvalue weighted by molar-refractivity contribution is 5.94. The van der Waals surface area contributed by atoms with Crippen LogP contribution in [0.2, 0.25) is 0 Å². The molecule has 4 aliphatic carbocycles. The van der Waals surface area contributed by atoms with Crippen molar-refractivity contribution in [1.82, 2.24) is 0 Å². The Labute approximate surface area is 202 Å². The topological polar surface area (TPSA) is 57.5 Å². The average Bonchev–Trinajstić information content (AvgIpc) is 3.01. The van der Waals surface area contributed by atoms with Crippen LogP contribution in [0, 0.1) is 45.3 Å². The van der Waals surface area contributed by atoms with Crippen molar-refractivity contribution in [2.24, 2.45) is 45.3 Å². The van der Waals surface area contributed by atoms with E-state index in [-0.39, 0.29) is 39.5 Å². The van der Waals surface area contributed by atoms with Gasteiger partial charge in [0.1, 0.15) is 6.10 Å². The van der Waals surface area contributed by atoms with Gasteiger partial charge in [0.05, 0.1) is 6.10 Å². The van der Waals surface area contributed by atoms with Crippen molar-refractivity contribution in [1.29, 1.82) is 0 Å². The summed E-state index contributed by atoms with van der Waals surface area (Å²) in [5, 5.41) is 21.8. The molecule has 4 aliphatic rings. The minimum absolute atomic E-state index is 0.0345. The first-order valence-corrected chi connectivity index (χ1v) is 13.5. The highest BCUT2D eigenvalue weighted by Gasteiger charge is 2.65. The predicted molar refractivity (Wildman–Crippen MR) is 135 cm³/mol. The molecular weight excluding hydrogens is 408 g/mol. The first kappa shape index (κ1) is 25.2. The Balaban J connectivity index is 1.66. The number of fused-ring (bicyclic) bond motifs is 5. The molecule has 4 rings (SSSR count). The predicted octanol–water partition coefficient (Wildman–Crippen LogP) is 6.48. The SMILES string of the molecule is CC(C)=CC(=O)[C@@H](O)[C@H](C)[C@@H]1CC[C@]2(C)C3=CC[C@H]4C(C)(C)[C@@H](O)CC[C@]4(C)[C@H]3CC[C@@]12C. The first-order chi connectivity index (χ1) is 15.2. The molecular formula is C30H48O3. The number of carbonyl (C=O) groups is 1. The lowest BCUT2D eigenvalue weighted by atomic mass is 9.41. The van der Waals surface area contributed by atoms with Crippen molar-refractivity contribution in [3.05, 3.63) is 23.3 Å². The van der Waals surface area contributed by atoms with Crippen LogP contribution >= 0.6 is 0 Å². The number of carbonyl (C=O) groups excluding carboxylic acids is 1. The van der Waals surface area contributed by atoms with E-state index in [4.69, 9.17) is 0 Å². The van der Waals surface area contributed by atoms with Gasteiger partial charge in [0.2, 0.25) is 0 Å². The van der Waals surface area contributed by atoms with Crippen molar-refractivity contribution >= 4 is 5.78 Å². The van der Waals surface area contributed by atoms with E-state index in [2.05, 4.69) is 47.6 Å². The van der Waals surface area contributed by atoms with Crippen molar-refractivity contribution < 1.29 is 15.0 Å². The molecule has 0 saturated heterocycles. The first-order valence-electron chi connectivity index (χ1n) is 13.5. The molecule has 9 atom stereocenters. The Morgan fingerprint density at radius 3 is 2.36 bits per heavy atom. The number of allylic oxidation sites excluding steroid dienone is 3. The Hall–Kier alpha value is -0.930. The van der Waals surface area contributed by atoms with Crippen molar-refractivity contribution in [2.45, 2.75) is 113 Å². The molecule has 3 heteroatoms. The number of aliphatic hydroxyl groups excluding tert-OH is 2. The van der Waals surface area contributed by atoms with Crippen LogP contribution in [-0.4, -0.2) is 28.2 Å². The molecule has 0 aliphatic heterocycles. The summed E-state index contributed by atoms with van der Waals surface area (Å²) in [6, 6.07) is 0. The van der Waals surface area contributed by atoms with Gasteiger partial charge in [0.15, 0.2) is 5.78 Å². The highest BCUT2D eigenvalue weighted by atomic mass is 16.3. The lowest BCUT2D eigenvalue weighted by Gasteiger charge is -2.64. The zero-order valence-corrected chi connectivity index (χ0v) is 22.4. The number of hydrogen-bond acceptors (Lipinski definition) is 3. The molecule has 0 aromatic carbocycles. The van der Waals surface area contributed by atoms with Gasteiger partial charge in [0, 0.05) is 0 Å². The summed E-state index contributed by atoms with van der Waals surface area (Å²) in [5.74, 6) is 1.29. The minimum Gasteiger partial charge on any atom is -0.393 e. The molecule has 0 amide bonds. The lowest BCUT2D eigenvalue weighted by molar-refractivity contribution is -0.135. The Morgan fingerprint density at radius 2 is 1.73 bits per heavy atom. The average molecular weight is 457 g/mol. The number of aliphatic hydroxyl groups is 2. The van der Waals surface area contributed by atoms with E-state index in [0.717, 1.165) is 44.1 Å². The maximum absolute atomic E-state index is 12.7. The second-order valence-electron chi connectivity index (χ2n) is 13.7. The highest BCUT2D eigenvalue weighted by Crippen LogP contribution is 2.73. The van der Waals surface area contributed by atoms with Crippen LogP contribution in [-0.2, 0) is 4.79 Å². The fraction of sp³-hybridized carbons (Fsp3) is 0.833. The Bertz CT molecular complexity index is 864. The van der Waals surface area contributed by atoms with Gasteiger partial charge in [-0.05, 0) is 110 Å². The molecule has 0 spiro atoms. The molecule has 2 N–H and O–H groups in total. The van der Waals surface area contributed by atoms with E-state index in [1.165, 1.54) is 6.42 Å². The smallest absolute Gasteiger partial charge is 0.184 e. The Morgan fingerprint density at radius 1 is 1.06 bits per heavy atom. The van der Waals surface area contributed by atoms with Gasteiger partial charge in [0.25, 0.3) is 0 Å². The van der Waals surface area contributed by atoms with Gasteiger partial charge in [-0.1, -0.05) is 58.8 Å². The van der Waals surface area contributed by atoms with Crippen LogP contribution in [0.25, 0.3) is 0 Å². The second kappa shape index (κ2) is 8.05. The van der Waals surface area contributed by atoms with Gasteiger partial charge in [-0.2, -0.15) is 0 Å². The van der Waals surface area contributed by atoms with E-state index in [0.29, 0.717) is 17.8 Å². The molecule has 0 aromatic heterocycles. The van der Waals surface area contributed by atoms with Gasteiger partial charge in [-0.25, -0.2) is 0 Å². The molecule has 0 radical (unpaired) electrons. The third-order valence-corrected chi connectivity index (χ3v) is 11.7. The summed E-state index contributed by atoms with van der Waals surface area (Å²) in [7, 11) is 0. The van der Waals surface area contributed by atoms with E-state index in [9.17, 15) is 15.0 Å². The number of ketones is 1. The van der Waals surface area contributed by atoms with E-state index in [1.807, 2.05) is 13.8 Å². The fourth-order valence-corrected chi connectivity index (χ4v) is 9.43. The van der Waals surface area contributed by atoms with Crippen molar-refractivity contribution in [3.8, 4) is 0 Å². The zero-order chi connectivity index (χ0) is 24.6.